The number of guanidine groups is 1. The van der Waals surface area contributed by atoms with Crippen molar-refractivity contribution >= 4 is 29.9 Å². The second-order valence-corrected chi connectivity index (χ2v) is 7.29. The summed E-state index contributed by atoms with van der Waals surface area (Å²) in [5, 5.41) is 15.5. The standard InChI is InChI=1S/C18H32N6O.HI/c1-3-19-17(20-13-16-23-22-15-7-6-11-24(15)16)21-14-18(10-12-25-2)8-4-5-9-18;/h3-14H2,1-2H3,(H2,19,20,21);1H. The molecule has 2 heterocycles. The number of nitrogens with one attached hydrogen (secondary N) is 2. The van der Waals surface area contributed by atoms with Gasteiger partial charge in [0.05, 0.1) is 0 Å². The van der Waals surface area contributed by atoms with E-state index in [1.54, 1.807) is 7.11 Å². The van der Waals surface area contributed by atoms with E-state index >= 15 is 0 Å². The van der Waals surface area contributed by atoms with E-state index in [2.05, 4.69) is 32.3 Å². The molecule has 1 aliphatic heterocycles. The van der Waals surface area contributed by atoms with E-state index in [9.17, 15) is 0 Å². The van der Waals surface area contributed by atoms with E-state index in [-0.39, 0.29) is 24.0 Å². The molecule has 1 aromatic heterocycles. The van der Waals surface area contributed by atoms with Crippen LogP contribution in [0.2, 0.25) is 0 Å². The number of nitrogens with zero attached hydrogens (tertiary/aromatic N) is 4. The lowest BCUT2D eigenvalue weighted by Gasteiger charge is -2.30. The molecule has 0 atom stereocenters. The van der Waals surface area contributed by atoms with Crippen LogP contribution < -0.4 is 10.6 Å². The molecule has 2 N–H and O–H groups in total. The summed E-state index contributed by atoms with van der Waals surface area (Å²) < 4.78 is 7.54. The highest BCUT2D eigenvalue weighted by Crippen LogP contribution is 2.40. The maximum absolute atomic E-state index is 5.33. The molecule has 26 heavy (non-hydrogen) atoms. The van der Waals surface area contributed by atoms with Crippen molar-refractivity contribution in [2.24, 2.45) is 10.4 Å². The molecule has 1 saturated carbocycles. The van der Waals surface area contributed by atoms with Crippen molar-refractivity contribution in [3.63, 3.8) is 0 Å². The van der Waals surface area contributed by atoms with E-state index in [0.29, 0.717) is 12.0 Å². The molecule has 1 fully saturated rings. The molecule has 0 unspecified atom stereocenters. The quantitative estimate of drug-likeness (QED) is 0.343. The minimum absolute atomic E-state index is 0. The molecule has 0 radical (unpaired) electrons. The minimum Gasteiger partial charge on any atom is -0.385 e. The number of fused-ring (bicyclic) bond motifs is 1. The first-order chi connectivity index (χ1) is 12.3. The first-order valence-corrected chi connectivity index (χ1v) is 9.68. The fourth-order valence-electron chi connectivity index (χ4n) is 4.05. The van der Waals surface area contributed by atoms with Crippen molar-refractivity contribution in [2.45, 2.75) is 65.0 Å². The monoisotopic (exact) mass is 476 g/mol. The Morgan fingerprint density at radius 3 is 2.77 bits per heavy atom. The van der Waals surface area contributed by atoms with E-state index in [4.69, 9.17) is 9.73 Å². The lowest BCUT2D eigenvalue weighted by atomic mass is 9.83. The summed E-state index contributed by atoms with van der Waals surface area (Å²) in [4.78, 5) is 4.75. The molecule has 148 valence electrons. The SMILES string of the molecule is CCNC(=NCc1nnc2n1CCC2)NCC1(CCOC)CCCC1.I. The van der Waals surface area contributed by atoms with Gasteiger partial charge >= 0.3 is 0 Å². The number of halogens is 1. The maximum atomic E-state index is 5.33. The van der Waals surface area contributed by atoms with Crippen LogP contribution in [0.4, 0.5) is 0 Å². The molecule has 8 heteroatoms. The normalized spacial score (nSPS) is 18.5. The smallest absolute Gasteiger partial charge is 0.191 e. The van der Waals surface area contributed by atoms with Crippen LogP contribution in [0.1, 0.15) is 57.1 Å². The van der Waals surface area contributed by atoms with Crippen molar-refractivity contribution in [3.8, 4) is 0 Å². The summed E-state index contributed by atoms with van der Waals surface area (Å²) in [5.41, 5.74) is 0.350. The predicted molar refractivity (Wildman–Crippen MR) is 114 cm³/mol. The zero-order chi connectivity index (χ0) is 17.5. The van der Waals surface area contributed by atoms with Gasteiger partial charge in [0, 0.05) is 39.8 Å². The van der Waals surface area contributed by atoms with E-state index in [1.807, 2.05) is 0 Å². The fraction of sp³-hybridized carbons (Fsp3) is 0.833. The Morgan fingerprint density at radius 1 is 1.23 bits per heavy atom. The topological polar surface area (TPSA) is 76.4 Å². The molecular formula is C18H33IN6O. The van der Waals surface area contributed by atoms with Crippen LogP contribution >= 0.6 is 24.0 Å². The highest BCUT2D eigenvalue weighted by atomic mass is 127. The van der Waals surface area contributed by atoms with Crippen molar-refractivity contribution in [1.29, 1.82) is 0 Å². The summed E-state index contributed by atoms with van der Waals surface area (Å²) in [6, 6.07) is 0. The molecular weight excluding hydrogens is 443 g/mol. The van der Waals surface area contributed by atoms with Gasteiger partial charge in [-0.2, -0.15) is 0 Å². The third-order valence-electron chi connectivity index (χ3n) is 5.54. The van der Waals surface area contributed by atoms with Gasteiger partial charge in [-0.15, -0.1) is 34.2 Å². The molecule has 7 nitrogen and oxygen atoms in total. The molecule has 2 aliphatic rings. The number of hydrogen-bond acceptors (Lipinski definition) is 4. The van der Waals surface area contributed by atoms with Gasteiger partial charge in [-0.25, -0.2) is 4.99 Å². The Balaban J connectivity index is 0.00000243. The Labute approximate surface area is 173 Å². The van der Waals surface area contributed by atoms with Gasteiger partial charge in [-0.1, -0.05) is 12.8 Å². The Morgan fingerprint density at radius 2 is 2.04 bits per heavy atom. The van der Waals surface area contributed by atoms with Crippen LogP contribution in [0.25, 0.3) is 0 Å². The minimum atomic E-state index is 0. The summed E-state index contributed by atoms with van der Waals surface area (Å²) in [5.74, 6) is 2.95. The highest BCUT2D eigenvalue weighted by molar-refractivity contribution is 14.0. The molecule has 1 aromatic rings. The number of rotatable bonds is 8. The summed E-state index contributed by atoms with van der Waals surface area (Å²) in [6.45, 7) is 6.35. The molecule has 0 amide bonds. The van der Waals surface area contributed by atoms with Crippen molar-refractivity contribution in [1.82, 2.24) is 25.4 Å². The number of ether oxygens (including phenoxy) is 1. The predicted octanol–water partition coefficient (Wildman–Crippen LogP) is 2.49. The van der Waals surface area contributed by atoms with Crippen LogP contribution in [0.5, 0.6) is 0 Å². The number of aliphatic imine (C=N–C) groups is 1. The van der Waals surface area contributed by atoms with Crippen molar-refractivity contribution < 1.29 is 4.74 Å². The number of methoxy groups -OCH3 is 1. The van der Waals surface area contributed by atoms with Gasteiger partial charge in [0.2, 0.25) is 0 Å². The fourth-order valence-corrected chi connectivity index (χ4v) is 4.05. The molecule has 3 rings (SSSR count). The Hall–Kier alpha value is -0.900. The first kappa shape index (κ1) is 21.4. The van der Waals surface area contributed by atoms with Crippen LogP contribution in [-0.4, -0.2) is 47.5 Å². The summed E-state index contributed by atoms with van der Waals surface area (Å²) in [7, 11) is 1.79. The molecule has 1 aliphatic carbocycles. The molecule has 0 bridgehead atoms. The molecule has 0 saturated heterocycles. The number of aromatic nitrogens is 3. The van der Waals surface area contributed by atoms with Gasteiger partial charge < -0.3 is 19.9 Å². The number of hydrogen-bond donors (Lipinski definition) is 2. The van der Waals surface area contributed by atoms with Crippen LogP contribution in [0.15, 0.2) is 4.99 Å². The lowest BCUT2D eigenvalue weighted by Crippen LogP contribution is -2.43. The van der Waals surface area contributed by atoms with Gasteiger partial charge in [-0.05, 0) is 38.0 Å². The van der Waals surface area contributed by atoms with Gasteiger partial charge in [0.1, 0.15) is 12.4 Å². The van der Waals surface area contributed by atoms with Gasteiger partial charge in [-0.3, -0.25) is 0 Å². The van der Waals surface area contributed by atoms with Crippen molar-refractivity contribution in [3.05, 3.63) is 11.6 Å². The highest BCUT2D eigenvalue weighted by Gasteiger charge is 2.33. The third-order valence-corrected chi connectivity index (χ3v) is 5.54. The average molecular weight is 476 g/mol. The average Bonchev–Trinajstić information content (AvgIpc) is 3.33. The molecule has 0 spiro atoms. The zero-order valence-electron chi connectivity index (χ0n) is 16.1. The van der Waals surface area contributed by atoms with Crippen molar-refractivity contribution in [2.75, 3.05) is 26.8 Å². The second-order valence-electron chi connectivity index (χ2n) is 7.29. The van der Waals surface area contributed by atoms with Crippen LogP contribution in [0.3, 0.4) is 0 Å². The summed E-state index contributed by atoms with van der Waals surface area (Å²) >= 11 is 0. The van der Waals surface area contributed by atoms with E-state index < -0.39 is 0 Å². The number of aryl methyl sites for hydroxylation is 1. The van der Waals surface area contributed by atoms with Gasteiger partial charge in [0.15, 0.2) is 11.8 Å². The van der Waals surface area contributed by atoms with E-state index in [1.165, 1.54) is 32.1 Å². The van der Waals surface area contributed by atoms with E-state index in [0.717, 1.165) is 56.7 Å². The second kappa shape index (κ2) is 10.4. The largest absolute Gasteiger partial charge is 0.385 e. The molecule has 0 aromatic carbocycles. The van der Waals surface area contributed by atoms with Crippen LogP contribution in [0, 0.1) is 5.41 Å². The maximum Gasteiger partial charge on any atom is 0.191 e. The summed E-state index contributed by atoms with van der Waals surface area (Å²) in [6.07, 6.45) is 8.53. The zero-order valence-corrected chi connectivity index (χ0v) is 18.4. The lowest BCUT2D eigenvalue weighted by molar-refractivity contribution is 0.138. The van der Waals surface area contributed by atoms with Crippen LogP contribution in [-0.2, 0) is 24.2 Å². The third kappa shape index (κ3) is 5.31. The Kier molecular flexibility index (Phi) is 8.59. The Bertz CT molecular complexity index is 582. The van der Waals surface area contributed by atoms with Gasteiger partial charge in [0.25, 0.3) is 0 Å². The first-order valence-electron chi connectivity index (χ1n) is 9.68.